The van der Waals surface area contributed by atoms with Crippen molar-refractivity contribution in [1.29, 1.82) is 0 Å². The van der Waals surface area contributed by atoms with Gasteiger partial charge in [0.25, 0.3) is 0 Å². The Bertz CT molecular complexity index is 665. The van der Waals surface area contributed by atoms with Gasteiger partial charge in [-0.3, -0.25) is 14.4 Å². The molecule has 2 fully saturated rings. The number of hydrogen-bond donors (Lipinski definition) is 0. The summed E-state index contributed by atoms with van der Waals surface area (Å²) in [5.41, 5.74) is 1.73. The summed E-state index contributed by atoms with van der Waals surface area (Å²) < 4.78 is 5.29. The molecule has 0 radical (unpaired) electrons. The van der Waals surface area contributed by atoms with Gasteiger partial charge in [0.15, 0.2) is 5.78 Å². The highest BCUT2D eigenvalue weighted by Crippen LogP contribution is 2.22. The predicted molar refractivity (Wildman–Crippen MR) is 96.9 cm³/mol. The number of ketones is 1. The van der Waals surface area contributed by atoms with E-state index in [9.17, 15) is 14.4 Å². The molecule has 2 heterocycles. The number of morpholine rings is 1. The van der Waals surface area contributed by atoms with Crippen molar-refractivity contribution in [3.8, 4) is 0 Å². The maximum atomic E-state index is 12.7. The number of nitrogens with zero attached hydrogens (tertiary/aromatic N) is 2. The fourth-order valence-electron chi connectivity index (χ4n) is 3.56. The van der Waals surface area contributed by atoms with Crippen LogP contribution >= 0.6 is 0 Å². The van der Waals surface area contributed by atoms with Crippen molar-refractivity contribution < 1.29 is 19.1 Å². The molecule has 2 amide bonds. The Kier molecular flexibility index (Phi) is 6.04. The van der Waals surface area contributed by atoms with Crippen LogP contribution < -0.4 is 0 Å². The first-order chi connectivity index (χ1) is 12.6. The summed E-state index contributed by atoms with van der Waals surface area (Å²) in [5.74, 6) is -0.118. The van der Waals surface area contributed by atoms with Gasteiger partial charge in [0.1, 0.15) is 6.04 Å². The average Bonchev–Trinajstić information content (AvgIpc) is 3.16. The van der Waals surface area contributed by atoms with Gasteiger partial charge in [-0.2, -0.15) is 0 Å². The molecule has 6 heteroatoms. The Morgan fingerprint density at radius 3 is 2.42 bits per heavy atom. The van der Waals surface area contributed by atoms with Crippen LogP contribution in [0.25, 0.3) is 0 Å². The monoisotopic (exact) mass is 358 g/mol. The van der Waals surface area contributed by atoms with E-state index in [2.05, 4.69) is 0 Å². The fraction of sp³-hybridized carbons (Fsp3) is 0.550. The molecule has 1 atom stereocenters. The van der Waals surface area contributed by atoms with E-state index in [0.717, 1.165) is 12.0 Å². The molecule has 2 aliphatic heterocycles. The molecule has 2 aliphatic rings. The molecular weight excluding hydrogens is 332 g/mol. The molecule has 2 saturated heterocycles. The lowest BCUT2D eigenvalue weighted by atomic mass is 10.0. The third-order valence-corrected chi connectivity index (χ3v) is 5.12. The molecule has 0 aromatic heterocycles. The molecule has 0 N–H and O–H groups in total. The van der Waals surface area contributed by atoms with Crippen LogP contribution in [0.3, 0.4) is 0 Å². The number of benzene rings is 1. The van der Waals surface area contributed by atoms with Crippen molar-refractivity contribution in [2.45, 2.75) is 38.6 Å². The lowest BCUT2D eigenvalue weighted by Crippen LogP contribution is -2.51. The van der Waals surface area contributed by atoms with Gasteiger partial charge < -0.3 is 14.5 Å². The number of likely N-dealkylation sites (tertiary alicyclic amines) is 1. The van der Waals surface area contributed by atoms with Crippen molar-refractivity contribution >= 4 is 17.6 Å². The Morgan fingerprint density at radius 2 is 1.73 bits per heavy atom. The normalized spacial score (nSPS) is 20.3. The minimum absolute atomic E-state index is 0.0176. The van der Waals surface area contributed by atoms with Crippen LogP contribution in [0.15, 0.2) is 24.3 Å². The zero-order valence-corrected chi connectivity index (χ0v) is 15.3. The number of carbonyl (C=O) groups is 3. The maximum absolute atomic E-state index is 12.7. The maximum Gasteiger partial charge on any atom is 0.245 e. The van der Waals surface area contributed by atoms with Gasteiger partial charge in [0.2, 0.25) is 11.8 Å². The Balaban J connectivity index is 1.55. The summed E-state index contributed by atoms with van der Waals surface area (Å²) in [6, 6.07) is 7.00. The fourth-order valence-corrected chi connectivity index (χ4v) is 3.56. The SMILES string of the molecule is Cc1ccc(C(=O)CCC(=O)N2CCC[C@@H]2C(=O)N2CCOCC2)cc1. The van der Waals surface area contributed by atoms with Gasteiger partial charge in [-0.05, 0) is 19.8 Å². The summed E-state index contributed by atoms with van der Waals surface area (Å²) >= 11 is 0. The van der Waals surface area contributed by atoms with Crippen molar-refractivity contribution in [2.75, 3.05) is 32.8 Å². The molecule has 140 valence electrons. The summed E-state index contributed by atoms with van der Waals surface area (Å²) in [5, 5.41) is 0. The van der Waals surface area contributed by atoms with E-state index < -0.39 is 0 Å². The third-order valence-electron chi connectivity index (χ3n) is 5.12. The zero-order valence-electron chi connectivity index (χ0n) is 15.3. The molecule has 26 heavy (non-hydrogen) atoms. The van der Waals surface area contributed by atoms with Crippen molar-refractivity contribution in [3.05, 3.63) is 35.4 Å². The van der Waals surface area contributed by atoms with Crippen LogP contribution in [0.1, 0.15) is 41.6 Å². The molecule has 0 unspecified atom stereocenters. The second-order valence-corrected chi connectivity index (χ2v) is 6.97. The van der Waals surface area contributed by atoms with Crippen LogP contribution in [0, 0.1) is 6.92 Å². The first-order valence-corrected chi connectivity index (χ1v) is 9.32. The van der Waals surface area contributed by atoms with Crippen LogP contribution in [-0.4, -0.2) is 66.3 Å². The molecule has 0 bridgehead atoms. The van der Waals surface area contributed by atoms with E-state index in [1.165, 1.54) is 0 Å². The van der Waals surface area contributed by atoms with Gasteiger partial charge in [-0.15, -0.1) is 0 Å². The lowest BCUT2D eigenvalue weighted by Gasteiger charge is -2.32. The molecule has 1 aromatic rings. The summed E-state index contributed by atoms with van der Waals surface area (Å²) in [6.45, 7) is 4.84. The van der Waals surface area contributed by atoms with Crippen molar-refractivity contribution in [1.82, 2.24) is 9.80 Å². The van der Waals surface area contributed by atoms with Crippen LogP contribution in [0.5, 0.6) is 0 Å². The molecular formula is C20H26N2O4. The van der Waals surface area contributed by atoms with Crippen LogP contribution in [0.2, 0.25) is 0 Å². The zero-order chi connectivity index (χ0) is 18.5. The summed E-state index contributed by atoms with van der Waals surface area (Å²) in [6.07, 6.45) is 1.86. The number of rotatable bonds is 5. The quantitative estimate of drug-likeness (QED) is 0.753. The number of hydrogen-bond acceptors (Lipinski definition) is 4. The largest absolute Gasteiger partial charge is 0.378 e. The van der Waals surface area contributed by atoms with Gasteiger partial charge >= 0.3 is 0 Å². The van der Waals surface area contributed by atoms with E-state index in [-0.39, 0.29) is 36.5 Å². The summed E-state index contributed by atoms with van der Waals surface area (Å²) in [7, 11) is 0. The van der Waals surface area contributed by atoms with Gasteiger partial charge in [-0.1, -0.05) is 29.8 Å². The molecule has 0 spiro atoms. The minimum atomic E-state index is -0.380. The van der Waals surface area contributed by atoms with E-state index >= 15 is 0 Å². The van der Waals surface area contributed by atoms with Crippen LogP contribution in [-0.2, 0) is 14.3 Å². The second-order valence-electron chi connectivity index (χ2n) is 6.97. The molecule has 6 nitrogen and oxygen atoms in total. The number of ether oxygens (including phenoxy) is 1. The van der Waals surface area contributed by atoms with E-state index in [0.29, 0.717) is 44.8 Å². The highest BCUT2D eigenvalue weighted by Gasteiger charge is 2.36. The number of Topliss-reactive ketones (excluding diaryl/α,β-unsaturated/α-hetero) is 1. The lowest BCUT2D eigenvalue weighted by molar-refractivity contribution is -0.146. The minimum Gasteiger partial charge on any atom is -0.378 e. The Morgan fingerprint density at radius 1 is 1.04 bits per heavy atom. The topological polar surface area (TPSA) is 66.9 Å². The first-order valence-electron chi connectivity index (χ1n) is 9.32. The van der Waals surface area contributed by atoms with Crippen molar-refractivity contribution in [2.24, 2.45) is 0 Å². The summed E-state index contributed by atoms with van der Waals surface area (Å²) in [4.78, 5) is 41.1. The predicted octanol–water partition coefficient (Wildman–Crippen LogP) is 1.81. The Labute approximate surface area is 154 Å². The molecule has 0 saturated carbocycles. The Hall–Kier alpha value is -2.21. The average molecular weight is 358 g/mol. The highest BCUT2D eigenvalue weighted by atomic mass is 16.5. The van der Waals surface area contributed by atoms with Crippen molar-refractivity contribution in [3.63, 3.8) is 0 Å². The smallest absolute Gasteiger partial charge is 0.245 e. The second kappa shape index (κ2) is 8.45. The van der Waals surface area contributed by atoms with E-state index in [4.69, 9.17) is 4.74 Å². The molecule has 3 rings (SSSR count). The number of carbonyl (C=O) groups excluding carboxylic acids is 3. The number of aryl methyl sites for hydroxylation is 1. The van der Waals surface area contributed by atoms with Gasteiger partial charge in [-0.25, -0.2) is 0 Å². The first kappa shape index (κ1) is 18.6. The van der Waals surface area contributed by atoms with Gasteiger partial charge in [0.05, 0.1) is 13.2 Å². The van der Waals surface area contributed by atoms with Gasteiger partial charge in [0, 0.05) is 38.0 Å². The van der Waals surface area contributed by atoms with E-state index in [1.807, 2.05) is 19.1 Å². The molecule has 0 aliphatic carbocycles. The highest BCUT2D eigenvalue weighted by molar-refractivity contribution is 5.98. The number of amides is 2. The molecule has 1 aromatic carbocycles. The third kappa shape index (κ3) is 4.30. The van der Waals surface area contributed by atoms with E-state index in [1.54, 1.807) is 21.9 Å². The van der Waals surface area contributed by atoms with Crippen LogP contribution in [0.4, 0.5) is 0 Å². The standard InChI is InChI=1S/C20H26N2O4/c1-15-4-6-16(7-5-15)18(23)8-9-19(24)22-10-2-3-17(22)20(25)21-11-13-26-14-12-21/h4-7,17H,2-3,8-14H2,1H3/t17-/m1/s1.